The number of para-hydroxylation sites is 1. The van der Waals surface area contributed by atoms with Crippen LogP contribution in [0.4, 0.5) is 0 Å². The first-order valence-electron chi connectivity index (χ1n) is 6.98. The number of nitrogens with zero attached hydrogens (tertiary/aromatic N) is 1. The number of benzene rings is 1. The third-order valence-electron chi connectivity index (χ3n) is 3.08. The van der Waals surface area contributed by atoms with Crippen LogP contribution in [0.3, 0.4) is 0 Å². The molecule has 1 aromatic heterocycles. The van der Waals surface area contributed by atoms with E-state index in [4.69, 9.17) is 16.3 Å². The number of hydrogen-bond donors (Lipinski definition) is 1. The first-order chi connectivity index (χ1) is 10.6. The lowest BCUT2D eigenvalue weighted by molar-refractivity contribution is 0.0946. The molecule has 116 valence electrons. The van der Waals surface area contributed by atoms with Crippen LogP contribution in [0.1, 0.15) is 17.3 Å². The summed E-state index contributed by atoms with van der Waals surface area (Å²) in [4.78, 5) is 23.6. The van der Waals surface area contributed by atoms with Gasteiger partial charge in [-0.1, -0.05) is 23.7 Å². The second-order valence-electron chi connectivity index (χ2n) is 4.57. The zero-order valence-corrected chi connectivity index (χ0v) is 13.0. The smallest absolute Gasteiger partial charge is 0.251 e. The van der Waals surface area contributed by atoms with Crippen LogP contribution in [-0.2, 0) is 6.54 Å². The summed E-state index contributed by atoms with van der Waals surface area (Å²) in [6, 6.07) is 10.1. The first-order valence-corrected chi connectivity index (χ1v) is 7.35. The van der Waals surface area contributed by atoms with Crippen LogP contribution in [0, 0.1) is 0 Å². The van der Waals surface area contributed by atoms with Gasteiger partial charge < -0.3 is 14.6 Å². The van der Waals surface area contributed by atoms with Crippen LogP contribution in [0.5, 0.6) is 5.75 Å². The average Bonchev–Trinajstić information content (AvgIpc) is 2.52. The van der Waals surface area contributed by atoms with Crippen molar-refractivity contribution >= 4 is 17.5 Å². The molecule has 0 aliphatic carbocycles. The molecule has 0 spiro atoms. The number of halogens is 1. The molecule has 0 atom stereocenters. The Morgan fingerprint density at radius 2 is 2.09 bits per heavy atom. The molecule has 0 bridgehead atoms. The minimum Gasteiger partial charge on any atom is -0.490 e. The molecule has 0 fully saturated rings. The Kier molecular flexibility index (Phi) is 5.61. The van der Waals surface area contributed by atoms with Crippen LogP contribution in [-0.4, -0.2) is 23.6 Å². The van der Waals surface area contributed by atoms with Crippen molar-refractivity contribution in [2.75, 3.05) is 13.2 Å². The summed E-state index contributed by atoms with van der Waals surface area (Å²) in [5.41, 5.74) is 0.148. The second-order valence-corrected chi connectivity index (χ2v) is 4.98. The van der Waals surface area contributed by atoms with Gasteiger partial charge in [-0.3, -0.25) is 9.59 Å². The molecule has 1 heterocycles. The molecule has 0 aliphatic rings. The van der Waals surface area contributed by atoms with Crippen molar-refractivity contribution in [3.05, 3.63) is 63.5 Å². The lowest BCUT2D eigenvalue weighted by Gasteiger charge is -2.09. The molecule has 5 nitrogen and oxygen atoms in total. The number of rotatable bonds is 6. The van der Waals surface area contributed by atoms with Gasteiger partial charge in [0.25, 0.3) is 11.5 Å². The van der Waals surface area contributed by atoms with Crippen molar-refractivity contribution in [2.45, 2.75) is 13.5 Å². The summed E-state index contributed by atoms with van der Waals surface area (Å²) in [6.45, 7) is 3.06. The van der Waals surface area contributed by atoms with Crippen molar-refractivity contribution in [3.63, 3.8) is 0 Å². The van der Waals surface area contributed by atoms with Crippen molar-refractivity contribution in [3.8, 4) is 5.75 Å². The van der Waals surface area contributed by atoms with E-state index in [1.807, 2.05) is 19.1 Å². The second kappa shape index (κ2) is 7.66. The highest BCUT2D eigenvalue weighted by molar-refractivity contribution is 6.32. The maximum Gasteiger partial charge on any atom is 0.251 e. The van der Waals surface area contributed by atoms with Gasteiger partial charge in [-0.15, -0.1) is 0 Å². The highest BCUT2D eigenvalue weighted by Crippen LogP contribution is 2.22. The van der Waals surface area contributed by atoms with E-state index in [-0.39, 0.29) is 11.5 Å². The van der Waals surface area contributed by atoms with Crippen molar-refractivity contribution in [2.24, 2.45) is 0 Å². The number of aromatic nitrogens is 1. The van der Waals surface area contributed by atoms with E-state index in [9.17, 15) is 9.59 Å². The van der Waals surface area contributed by atoms with Crippen molar-refractivity contribution in [1.29, 1.82) is 0 Å². The molecular weight excluding hydrogens is 304 g/mol. The topological polar surface area (TPSA) is 60.3 Å². The molecule has 0 saturated carbocycles. The van der Waals surface area contributed by atoms with Crippen LogP contribution < -0.4 is 15.6 Å². The Morgan fingerprint density at radius 1 is 1.32 bits per heavy atom. The van der Waals surface area contributed by atoms with Crippen LogP contribution in [0.25, 0.3) is 0 Å². The summed E-state index contributed by atoms with van der Waals surface area (Å²) in [5.74, 6) is 0.270. The summed E-state index contributed by atoms with van der Waals surface area (Å²) in [5, 5.41) is 3.22. The molecular formula is C16H17ClN2O3. The van der Waals surface area contributed by atoms with Gasteiger partial charge in [-0.25, -0.2) is 0 Å². The van der Waals surface area contributed by atoms with E-state index in [0.717, 1.165) is 0 Å². The Hall–Kier alpha value is -2.27. The van der Waals surface area contributed by atoms with E-state index >= 15 is 0 Å². The Bertz CT molecular complexity index is 713. The van der Waals surface area contributed by atoms with Gasteiger partial charge in [-0.2, -0.15) is 0 Å². The molecule has 0 unspecified atom stereocenters. The van der Waals surface area contributed by atoms with Crippen LogP contribution in [0.15, 0.2) is 47.4 Å². The number of aryl methyl sites for hydroxylation is 1. The molecule has 1 N–H and O–H groups in total. The van der Waals surface area contributed by atoms with Gasteiger partial charge in [-0.05, 0) is 25.1 Å². The number of ether oxygens (including phenoxy) is 1. The SMILES string of the molecule is CCn1ccc(C(=O)NCCOc2ccccc2Cl)cc1=O. The fourth-order valence-electron chi connectivity index (χ4n) is 1.90. The molecule has 1 amide bonds. The van der Waals surface area contributed by atoms with E-state index in [2.05, 4.69) is 5.32 Å². The number of pyridine rings is 1. The molecule has 2 aromatic rings. The average molecular weight is 321 g/mol. The Morgan fingerprint density at radius 3 is 2.77 bits per heavy atom. The Labute approximate surface area is 133 Å². The molecule has 22 heavy (non-hydrogen) atoms. The molecule has 2 rings (SSSR count). The largest absolute Gasteiger partial charge is 0.490 e. The number of amides is 1. The first kappa shape index (κ1) is 16.1. The standard InChI is InChI=1S/C16H17ClN2O3/c1-2-19-9-7-12(11-15(19)20)16(21)18-8-10-22-14-6-4-3-5-13(14)17/h3-7,9,11H,2,8,10H2,1H3,(H,18,21). The van der Waals surface area contributed by atoms with Gasteiger partial charge in [0.1, 0.15) is 12.4 Å². The lowest BCUT2D eigenvalue weighted by Crippen LogP contribution is -2.30. The van der Waals surface area contributed by atoms with Gasteiger partial charge in [0.2, 0.25) is 0 Å². The zero-order valence-electron chi connectivity index (χ0n) is 12.2. The molecule has 6 heteroatoms. The van der Waals surface area contributed by atoms with Crippen molar-refractivity contribution < 1.29 is 9.53 Å². The predicted molar refractivity (Wildman–Crippen MR) is 85.7 cm³/mol. The zero-order chi connectivity index (χ0) is 15.9. The summed E-state index contributed by atoms with van der Waals surface area (Å²) >= 11 is 5.96. The Balaban J connectivity index is 1.84. The molecule has 0 saturated heterocycles. The molecule has 0 aliphatic heterocycles. The minimum absolute atomic E-state index is 0.192. The predicted octanol–water partition coefficient (Wildman–Crippen LogP) is 2.33. The summed E-state index contributed by atoms with van der Waals surface area (Å²) < 4.78 is 7.00. The monoisotopic (exact) mass is 320 g/mol. The van der Waals surface area contributed by atoms with Gasteiger partial charge in [0.15, 0.2) is 0 Å². The van der Waals surface area contributed by atoms with Gasteiger partial charge in [0.05, 0.1) is 11.6 Å². The fraction of sp³-hybridized carbons (Fsp3) is 0.250. The summed E-state index contributed by atoms with van der Waals surface area (Å²) in [7, 11) is 0. The maximum absolute atomic E-state index is 11.9. The third-order valence-corrected chi connectivity index (χ3v) is 3.39. The normalized spacial score (nSPS) is 10.3. The summed E-state index contributed by atoms with van der Waals surface area (Å²) in [6.07, 6.45) is 1.61. The number of hydrogen-bond acceptors (Lipinski definition) is 3. The van der Waals surface area contributed by atoms with Crippen LogP contribution >= 0.6 is 11.6 Å². The molecule has 1 aromatic carbocycles. The third kappa shape index (κ3) is 4.11. The van der Waals surface area contributed by atoms with Crippen LogP contribution in [0.2, 0.25) is 5.02 Å². The fourth-order valence-corrected chi connectivity index (χ4v) is 2.09. The van der Waals surface area contributed by atoms with Crippen molar-refractivity contribution in [1.82, 2.24) is 9.88 Å². The highest BCUT2D eigenvalue weighted by Gasteiger charge is 2.07. The highest BCUT2D eigenvalue weighted by atomic mass is 35.5. The maximum atomic E-state index is 11.9. The van der Waals surface area contributed by atoms with E-state index < -0.39 is 0 Å². The van der Waals surface area contributed by atoms with Gasteiger partial charge >= 0.3 is 0 Å². The van der Waals surface area contributed by atoms with E-state index in [0.29, 0.717) is 36.0 Å². The lowest BCUT2D eigenvalue weighted by atomic mass is 10.2. The quantitative estimate of drug-likeness (QED) is 0.831. The van der Waals surface area contributed by atoms with E-state index in [1.165, 1.54) is 10.6 Å². The van der Waals surface area contributed by atoms with E-state index in [1.54, 1.807) is 24.4 Å². The molecule has 0 radical (unpaired) electrons. The number of nitrogens with one attached hydrogen (secondary N) is 1. The van der Waals surface area contributed by atoms with Gasteiger partial charge in [0, 0.05) is 24.4 Å². The number of carbonyl (C=O) groups excluding carboxylic acids is 1. The minimum atomic E-state index is -0.303. The number of carbonyl (C=O) groups is 1.